The normalized spacial score (nSPS) is 11.2. The first-order valence-electron chi connectivity index (χ1n) is 8.89. The first-order valence-corrected chi connectivity index (χ1v) is 10.4. The number of amides is 1. The molecular weight excluding hydrogens is 392 g/mol. The number of hydrogen-bond acceptors (Lipinski definition) is 5. The molecular formula is C20H22N4O4S. The Morgan fingerprint density at radius 3 is 2.59 bits per heavy atom. The summed E-state index contributed by atoms with van der Waals surface area (Å²) in [6, 6.07) is 14.3. The molecule has 0 bridgehead atoms. The quantitative estimate of drug-likeness (QED) is 0.586. The molecule has 9 heteroatoms. The average molecular weight is 414 g/mol. The van der Waals surface area contributed by atoms with Gasteiger partial charge in [0.2, 0.25) is 10.0 Å². The van der Waals surface area contributed by atoms with Crippen LogP contribution in [-0.4, -0.2) is 30.9 Å². The lowest BCUT2D eigenvalue weighted by atomic mass is 10.2. The van der Waals surface area contributed by atoms with Crippen LogP contribution in [0.2, 0.25) is 0 Å². The molecule has 2 aromatic heterocycles. The number of pyridine rings is 1. The first-order chi connectivity index (χ1) is 13.9. The average Bonchev–Trinajstić information content (AvgIpc) is 3.14. The van der Waals surface area contributed by atoms with Gasteiger partial charge in [-0.15, -0.1) is 0 Å². The fourth-order valence-electron chi connectivity index (χ4n) is 2.64. The van der Waals surface area contributed by atoms with Gasteiger partial charge in [-0.2, -0.15) is 0 Å². The van der Waals surface area contributed by atoms with E-state index in [0.717, 1.165) is 11.3 Å². The number of aromatic nitrogens is 2. The van der Waals surface area contributed by atoms with E-state index in [-0.39, 0.29) is 16.5 Å². The highest BCUT2D eigenvalue weighted by atomic mass is 32.2. The van der Waals surface area contributed by atoms with Crippen molar-refractivity contribution in [2.24, 2.45) is 7.05 Å². The minimum atomic E-state index is -3.60. The molecule has 0 unspecified atom stereocenters. The van der Waals surface area contributed by atoms with Crippen molar-refractivity contribution in [2.45, 2.75) is 18.0 Å². The fourth-order valence-corrected chi connectivity index (χ4v) is 3.44. The minimum Gasteiger partial charge on any atom is -0.487 e. The van der Waals surface area contributed by atoms with Crippen LogP contribution < -0.4 is 14.8 Å². The van der Waals surface area contributed by atoms with Gasteiger partial charge >= 0.3 is 0 Å². The summed E-state index contributed by atoms with van der Waals surface area (Å²) >= 11 is 0. The van der Waals surface area contributed by atoms with Crippen LogP contribution in [0.4, 0.5) is 0 Å². The Kier molecular flexibility index (Phi) is 6.30. The summed E-state index contributed by atoms with van der Waals surface area (Å²) < 4.78 is 33.1. The van der Waals surface area contributed by atoms with Crippen molar-refractivity contribution in [3.05, 3.63) is 77.9 Å². The van der Waals surface area contributed by atoms with Crippen molar-refractivity contribution < 1.29 is 17.9 Å². The molecule has 29 heavy (non-hydrogen) atoms. The summed E-state index contributed by atoms with van der Waals surface area (Å²) in [7, 11) is -0.653. The fraction of sp³-hybridized carbons (Fsp3) is 0.200. The van der Waals surface area contributed by atoms with Gasteiger partial charge in [0.15, 0.2) is 0 Å². The van der Waals surface area contributed by atoms with Gasteiger partial charge in [0.05, 0.1) is 5.69 Å². The molecule has 0 saturated heterocycles. The third-order valence-corrected chi connectivity index (χ3v) is 5.66. The standard InChI is InChI=1S/C20H22N4O4S/c1-21-29(26,27)18-11-19(24(2)13-18)20(25)23-12-15-6-8-17(9-7-15)28-14-16-5-3-4-10-22-16/h3-11,13,21H,12,14H2,1-2H3,(H,23,25). The summed E-state index contributed by atoms with van der Waals surface area (Å²) in [5.74, 6) is 0.343. The second-order valence-corrected chi connectivity index (χ2v) is 8.20. The van der Waals surface area contributed by atoms with Crippen LogP contribution in [0.15, 0.2) is 65.8 Å². The van der Waals surface area contributed by atoms with E-state index < -0.39 is 10.0 Å². The van der Waals surface area contributed by atoms with Gasteiger partial charge in [0.25, 0.3) is 5.91 Å². The van der Waals surface area contributed by atoms with Crippen molar-refractivity contribution in [3.8, 4) is 5.75 Å². The number of benzene rings is 1. The maximum atomic E-state index is 12.4. The molecule has 0 atom stereocenters. The summed E-state index contributed by atoms with van der Waals surface area (Å²) in [5, 5.41) is 2.79. The first kappa shape index (κ1) is 20.6. The van der Waals surface area contributed by atoms with Crippen molar-refractivity contribution in [1.29, 1.82) is 0 Å². The highest BCUT2D eigenvalue weighted by Gasteiger charge is 2.18. The molecule has 3 rings (SSSR count). The SMILES string of the molecule is CNS(=O)(=O)c1cc(C(=O)NCc2ccc(OCc3ccccn3)cc2)n(C)c1. The number of carbonyl (C=O) groups excluding carboxylic acids is 1. The van der Waals surface area contributed by atoms with Gasteiger partial charge in [-0.05, 0) is 42.9 Å². The van der Waals surface area contributed by atoms with Gasteiger partial charge in [-0.25, -0.2) is 13.1 Å². The van der Waals surface area contributed by atoms with Crippen LogP contribution in [0.1, 0.15) is 21.7 Å². The third kappa shape index (κ3) is 5.21. The Bertz CT molecular complexity index is 1080. The van der Waals surface area contributed by atoms with E-state index in [9.17, 15) is 13.2 Å². The van der Waals surface area contributed by atoms with E-state index in [1.54, 1.807) is 13.2 Å². The van der Waals surface area contributed by atoms with E-state index in [1.165, 1.54) is 23.9 Å². The van der Waals surface area contributed by atoms with Crippen LogP contribution in [0.25, 0.3) is 0 Å². The largest absolute Gasteiger partial charge is 0.487 e. The van der Waals surface area contributed by atoms with E-state index in [0.29, 0.717) is 18.9 Å². The zero-order valence-corrected chi connectivity index (χ0v) is 16.9. The van der Waals surface area contributed by atoms with Crippen molar-refractivity contribution >= 4 is 15.9 Å². The predicted molar refractivity (Wildman–Crippen MR) is 108 cm³/mol. The maximum absolute atomic E-state index is 12.4. The van der Waals surface area contributed by atoms with Crippen molar-refractivity contribution in [1.82, 2.24) is 19.6 Å². The predicted octanol–water partition coefficient (Wildman–Crippen LogP) is 1.84. The molecule has 2 N–H and O–H groups in total. The number of hydrogen-bond donors (Lipinski definition) is 2. The summed E-state index contributed by atoms with van der Waals surface area (Å²) in [6.45, 7) is 0.681. The second kappa shape index (κ2) is 8.89. The summed E-state index contributed by atoms with van der Waals surface area (Å²) in [6.07, 6.45) is 3.11. The second-order valence-electron chi connectivity index (χ2n) is 6.32. The Morgan fingerprint density at radius 2 is 1.93 bits per heavy atom. The molecule has 0 fully saturated rings. The van der Waals surface area contributed by atoms with Crippen LogP contribution in [0.5, 0.6) is 5.75 Å². The Morgan fingerprint density at radius 1 is 1.17 bits per heavy atom. The molecule has 0 radical (unpaired) electrons. The van der Waals surface area contributed by atoms with Crippen LogP contribution in [0.3, 0.4) is 0 Å². The Hall–Kier alpha value is -3.17. The lowest BCUT2D eigenvalue weighted by Gasteiger charge is -2.08. The molecule has 1 aromatic carbocycles. The third-order valence-electron chi connectivity index (χ3n) is 4.28. The van der Waals surface area contributed by atoms with Crippen molar-refractivity contribution in [2.75, 3.05) is 7.05 Å². The topological polar surface area (TPSA) is 102 Å². The highest BCUT2D eigenvalue weighted by Crippen LogP contribution is 2.15. The molecule has 0 aliphatic rings. The van der Waals surface area contributed by atoms with Gasteiger partial charge in [-0.3, -0.25) is 9.78 Å². The molecule has 3 aromatic rings. The van der Waals surface area contributed by atoms with Gasteiger partial charge in [0.1, 0.15) is 22.9 Å². The number of rotatable bonds is 8. The van der Waals surface area contributed by atoms with Crippen molar-refractivity contribution in [3.63, 3.8) is 0 Å². The van der Waals surface area contributed by atoms with Crippen LogP contribution in [-0.2, 0) is 30.2 Å². The number of nitrogens with zero attached hydrogens (tertiary/aromatic N) is 2. The number of nitrogens with one attached hydrogen (secondary N) is 2. The zero-order chi connectivity index (χ0) is 20.9. The molecule has 2 heterocycles. The minimum absolute atomic E-state index is 0.0436. The van der Waals surface area contributed by atoms with Gasteiger partial charge in [0, 0.05) is 26.0 Å². The Labute approximate surface area is 169 Å². The molecule has 1 amide bonds. The van der Waals surface area contributed by atoms with Gasteiger partial charge < -0.3 is 14.6 Å². The number of aryl methyl sites for hydroxylation is 1. The van der Waals surface area contributed by atoms with Gasteiger partial charge in [-0.1, -0.05) is 18.2 Å². The number of sulfonamides is 1. The molecule has 152 valence electrons. The lowest BCUT2D eigenvalue weighted by Crippen LogP contribution is -2.24. The summed E-state index contributed by atoms with van der Waals surface area (Å²) in [5.41, 5.74) is 1.99. The highest BCUT2D eigenvalue weighted by molar-refractivity contribution is 7.89. The monoisotopic (exact) mass is 414 g/mol. The molecule has 0 saturated carbocycles. The maximum Gasteiger partial charge on any atom is 0.268 e. The number of ether oxygens (including phenoxy) is 1. The number of carbonyl (C=O) groups is 1. The van der Waals surface area contributed by atoms with E-state index in [1.807, 2.05) is 42.5 Å². The van der Waals surface area contributed by atoms with Crippen LogP contribution in [0, 0.1) is 0 Å². The Balaban J connectivity index is 1.57. The van der Waals surface area contributed by atoms with E-state index in [4.69, 9.17) is 4.74 Å². The van der Waals surface area contributed by atoms with E-state index >= 15 is 0 Å². The van der Waals surface area contributed by atoms with Crippen LogP contribution >= 0.6 is 0 Å². The molecule has 8 nitrogen and oxygen atoms in total. The lowest BCUT2D eigenvalue weighted by molar-refractivity contribution is 0.0942. The zero-order valence-electron chi connectivity index (χ0n) is 16.1. The van der Waals surface area contributed by atoms with E-state index in [2.05, 4.69) is 15.0 Å². The molecule has 0 spiro atoms. The molecule has 0 aliphatic heterocycles. The summed E-state index contributed by atoms with van der Waals surface area (Å²) in [4.78, 5) is 16.7. The molecule has 0 aliphatic carbocycles. The smallest absolute Gasteiger partial charge is 0.268 e.